The predicted octanol–water partition coefficient (Wildman–Crippen LogP) is 2.72. The number of carbonyl (C=O) groups is 2. The average Bonchev–Trinajstić information content (AvgIpc) is 3.05. The number of carboxylic acid groups (broad SMARTS) is 1. The number of nitrogens with one attached hydrogen (secondary N) is 1. The predicted molar refractivity (Wildman–Crippen MR) is 94.4 cm³/mol. The lowest BCUT2D eigenvalue weighted by molar-refractivity contribution is 0.0698. The van der Waals surface area contributed by atoms with E-state index in [0.717, 1.165) is 5.69 Å². The summed E-state index contributed by atoms with van der Waals surface area (Å²) in [6.45, 7) is 0. The Morgan fingerprint density at radius 1 is 1.23 bits per heavy atom. The molecule has 0 aliphatic carbocycles. The van der Waals surface area contributed by atoms with Gasteiger partial charge in [0.15, 0.2) is 11.3 Å². The van der Waals surface area contributed by atoms with E-state index in [0.29, 0.717) is 11.0 Å². The minimum absolute atomic E-state index is 0.0457. The van der Waals surface area contributed by atoms with Crippen LogP contribution in [-0.2, 0) is 0 Å². The van der Waals surface area contributed by atoms with Crippen molar-refractivity contribution >= 4 is 34.2 Å². The molecule has 0 bridgehead atoms. The maximum absolute atomic E-state index is 12.6. The zero-order chi connectivity index (χ0) is 18.8. The molecule has 3 rings (SSSR count). The van der Waals surface area contributed by atoms with E-state index >= 15 is 0 Å². The first-order valence-corrected chi connectivity index (χ1v) is 7.56. The first-order chi connectivity index (χ1) is 12.4. The number of anilines is 2. The molecule has 8 nitrogen and oxygen atoms in total. The molecule has 1 amide bonds. The van der Waals surface area contributed by atoms with Gasteiger partial charge in [0, 0.05) is 19.8 Å². The van der Waals surface area contributed by atoms with Crippen LogP contribution in [-0.4, -0.2) is 36.2 Å². The lowest BCUT2D eigenvalue weighted by Crippen LogP contribution is -2.16. The van der Waals surface area contributed by atoms with Crippen LogP contribution in [0.2, 0.25) is 0 Å². The number of benzene rings is 2. The summed E-state index contributed by atoms with van der Waals surface area (Å²) >= 11 is 0. The van der Waals surface area contributed by atoms with Gasteiger partial charge in [-0.05, 0) is 36.4 Å². The molecule has 130 valence electrons. The SMILES string of the molecule is CN(C)c1ccc2onc(C(=O)Nc3ccc(C#N)cc3C(=O)O)c2c1. The highest BCUT2D eigenvalue weighted by Gasteiger charge is 2.20. The fourth-order valence-electron chi connectivity index (χ4n) is 2.45. The first-order valence-electron chi connectivity index (χ1n) is 7.56. The maximum atomic E-state index is 12.6. The molecule has 0 unspecified atom stereocenters. The van der Waals surface area contributed by atoms with Crippen molar-refractivity contribution in [3.05, 3.63) is 53.2 Å². The molecule has 0 atom stereocenters. The van der Waals surface area contributed by atoms with Crippen molar-refractivity contribution in [2.75, 3.05) is 24.3 Å². The number of aromatic nitrogens is 1. The van der Waals surface area contributed by atoms with E-state index in [1.54, 1.807) is 12.1 Å². The second-order valence-corrected chi connectivity index (χ2v) is 5.74. The lowest BCUT2D eigenvalue weighted by Gasteiger charge is -2.11. The van der Waals surface area contributed by atoms with E-state index in [4.69, 9.17) is 9.78 Å². The Kier molecular flexibility index (Phi) is 4.29. The summed E-state index contributed by atoms with van der Waals surface area (Å²) < 4.78 is 5.17. The van der Waals surface area contributed by atoms with Crippen LogP contribution in [0.4, 0.5) is 11.4 Å². The second kappa shape index (κ2) is 6.57. The summed E-state index contributed by atoms with van der Waals surface area (Å²) in [6.07, 6.45) is 0. The van der Waals surface area contributed by atoms with Gasteiger partial charge < -0.3 is 19.8 Å². The van der Waals surface area contributed by atoms with E-state index in [1.165, 1.54) is 18.2 Å². The molecule has 0 aliphatic rings. The standard InChI is InChI=1S/C18H14N4O4/c1-22(2)11-4-6-15-13(8-11)16(21-26-15)17(23)20-14-5-3-10(9-19)7-12(14)18(24)25/h3-8H,1-2H3,(H,20,23)(H,24,25). The topological polar surface area (TPSA) is 119 Å². The molecular weight excluding hydrogens is 336 g/mol. The summed E-state index contributed by atoms with van der Waals surface area (Å²) in [5.74, 6) is -1.86. The van der Waals surface area contributed by atoms with Crippen LogP contribution >= 0.6 is 0 Å². The number of hydrogen-bond donors (Lipinski definition) is 2. The van der Waals surface area contributed by atoms with Gasteiger partial charge in [0.2, 0.25) is 0 Å². The molecule has 0 aliphatic heterocycles. The Bertz CT molecular complexity index is 1060. The molecule has 1 heterocycles. The molecule has 1 aromatic heterocycles. The second-order valence-electron chi connectivity index (χ2n) is 5.74. The summed E-state index contributed by atoms with van der Waals surface area (Å²) in [7, 11) is 3.73. The van der Waals surface area contributed by atoms with Gasteiger partial charge in [-0.25, -0.2) is 4.79 Å². The summed E-state index contributed by atoms with van der Waals surface area (Å²) in [5, 5.41) is 25.0. The zero-order valence-electron chi connectivity index (χ0n) is 14.0. The van der Waals surface area contributed by atoms with E-state index in [9.17, 15) is 14.7 Å². The van der Waals surface area contributed by atoms with Crippen molar-refractivity contribution in [3.63, 3.8) is 0 Å². The van der Waals surface area contributed by atoms with Gasteiger partial charge in [0.1, 0.15) is 0 Å². The summed E-state index contributed by atoms with van der Waals surface area (Å²) in [5.41, 5.74) is 1.42. The summed E-state index contributed by atoms with van der Waals surface area (Å²) in [4.78, 5) is 25.9. The lowest BCUT2D eigenvalue weighted by atomic mass is 10.1. The van der Waals surface area contributed by atoms with Gasteiger partial charge in [-0.3, -0.25) is 4.79 Å². The molecule has 26 heavy (non-hydrogen) atoms. The fourth-order valence-corrected chi connectivity index (χ4v) is 2.45. The average molecular weight is 350 g/mol. The van der Waals surface area contributed by atoms with Gasteiger partial charge >= 0.3 is 5.97 Å². The molecule has 2 N–H and O–H groups in total. The number of carboxylic acids is 1. The Balaban J connectivity index is 1.99. The highest BCUT2D eigenvalue weighted by molar-refractivity contribution is 6.12. The minimum atomic E-state index is -1.25. The largest absolute Gasteiger partial charge is 0.478 e. The van der Waals surface area contributed by atoms with Crippen LogP contribution in [0.25, 0.3) is 11.0 Å². The van der Waals surface area contributed by atoms with Crippen molar-refractivity contribution in [1.82, 2.24) is 5.16 Å². The molecule has 8 heteroatoms. The third kappa shape index (κ3) is 3.06. The third-order valence-electron chi connectivity index (χ3n) is 3.81. The Labute approximate surface area is 148 Å². The van der Waals surface area contributed by atoms with Gasteiger partial charge in [0.05, 0.1) is 28.3 Å². The molecule has 0 radical (unpaired) electrons. The first kappa shape index (κ1) is 17.0. The fraction of sp³-hybridized carbons (Fsp3) is 0.111. The summed E-state index contributed by atoms with van der Waals surface area (Å²) in [6, 6.07) is 11.2. The molecule has 2 aromatic carbocycles. The number of rotatable bonds is 4. The number of fused-ring (bicyclic) bond motifs is 1. The van der Waals surface area contributed by atoms with Crippen molar-refractivity contribution in [2.45, 2.75) is 0 Å². The maximum Gasteiger partial charge on any atom is 0.337 e. The van der Waals surface area contributed by atoms with E-state index in [1.807, 2.05) is 31.1 Å². The van der Waals surface area contributed by atoms with Crippen LogP contribution in [0.1, 0.15) is 26.4 Å². The van der Waals surface area contributed by atoms with Gasteiger partial charge in [-0.1, -0.05) is 5.16 Å². The number of aromatic carboxylic acids is 1. The molecule has 0 saturated heterocycles. The molecule has 3 aromatic rings. The van der Waals surface area contributed by atoms with E-state index < -0.39 is 11.9 Å². The van der Waals surface area contributed by atoms with Crippen LogP contribution in [0, 0.1) is 11.3 Å². The van der Waals surface area contributed by atoms with Crippen LogP contribution < -0.4 is 10.2 Å². The van der Waals surface area contributed by atoms with Crippen molar-refractivity contribution in [3.8, 4) is 6.07 Å². The quantitative estimate of drug-likeness (QED) is 0.742. The van der Waals surface area contributed by atoms with Gasteiger partial charge in [-0.15, -0.1) is 0 Å². The number of nitriles is 1. The Hall–Kier alpha value is -3.86. The molecule has 0 spiro atoms. The van der Waals surface area contributed by atoms with Crippen molar-refractivity contribution in [1.29, 1.82) is 5.26 Å². The highest BCUT2D eigenvalue weighted by Crippen LogP contribution is 2.25. The molecule has 0 fully saturated rings. The molecule has 0 saturated carbocycles. The minimum Gasteiger partial charge on any atom is -0.478 e. The Morgan fingerprint density at radius 2 is 2.00 bits per heavy atom. The number of carbonyl (C=O) groups excluding carboxylic acids is 1. The van der Waals surface area contributed by atoms with Gasteiger partial charge in [-0.2, -0.15) is 5.26 Å². The van der Waals surface area contributed by atoms with Crippen molar-refractivity contribution in [2.24, 2.45) is 0 Å². The van der Waals surface area contributed by atoms with Crippen molar-refractivity contribution < 1.29 is 19.2 Å². The number of hydrogen-bond acceptors (Lipinski definition) is 6. The monoisotopic (exact) mass is 350 g/mol. The number of nitrogens with zero attached hydrogens (tertiary/aromatic N) is 3. The van der Waals surface area contributed by atoms with Crippen LogP contribution in [0.3, 0.4) is 0 Å². The number of amides is 1. The van der Waals surface area contributed by atoms with Crippen LogP contribution in [0.5, 0.6) is 0 Å². The van der Waals surface area contributed by atoms with E-state index in [2.05, 4.69) is 10.5 Å². The van der Waals surface area contributed by atoms with Gasteiger partial charge in [0.25, 0.3) is 5.91 Å². The van der Waals surface area contributed by atoms with Crippen LogP contribution in [0.15, 0.2) is 40.9 Å². The Morgan fingerprint density at radius 3 is 2.65 bits per heavy atom. The normalized spacial score (nSPS) is 10.3. The zero-order valence-corrected chi connectivity index (χ0v) is 14.0. The third-order valence-corrected chi connectivity index (χ3v) is 3.81. The van der Waals surface area contributed by atoms with E-state index in [-0.39, 0.29) is 22.5 Å². The molecular formula is C18H14N4O4. The highest BCUT2D eigenvalue weighted by atomic mass is 16.5. The smallest absolute Gasteiger partial charge is 0.337 e.